The molecule has 0 bridgehead atoms. The standard InChI is InChI=1S/C12H17NO/c1-10(9-13)7-8-11-5-3-4-6-12(11)14-2/h3-7H,8-9,13H2,1-2H3/b10-7+. The van der Waals surface area contributed by atoms with Gasteiger partial charge in [0.15, 0.2) is 0 Å². The lowest BCUT2D eigenvalue weighted by molar-refractivity contribution is 0.410. The van der Waals surface area contributed by atoms with Crippen molar-refractivity contribution in [2.45, 2.75) is 13.3 Å². The zero-order valence-electron chi connectivity index (χ0n) is 8.79. The van der Waals surface area contributed by atoms with Crippen molar-refractivity contribution in [3.8, 4) is 5.75 Å². The van der Waals surface area contributed by atoms with Crippen LogP contribution >= 0.6 is 0 Å². The number of methoxy groups -OCH3 is 1. The largest absolute Gasteiger partial charge is 0.496 e. The maximum atomic E-state index is 5.51. The van der Waals surface area contributed by atoms with Gasteiger partial charge in [-0.1, -0.05) is 29.8 Å². The van der Waals surface area contributed by atoms with E-state index in [1.165, 1.54) is 11.1 Å². The smallest absolute Gasteiger partial charge is 0.122 e. The molecule has 14 heavy (non-hydrogen) atoms. The molecule has 0 radical (unpaired) electrons. The molecule has 0 unspecified atom stereocenters. The lowest BCUT2D eigenvalue weighted by atomic mass is 10.1. The van der Waals surface area contributed by atoms with Crippen molar-refractivity contribution in [3.05, 3.63) is 41.5 Å². The van der Waals surface area contributed by atoms with E-state index in [1.54, 1.807) is 7.11 Å². The van der Waals surface area contributed by atoms with Crippen LogP contribution in [0.2, 0.25) is 0 Å². The van der Waals surface area contributed by atoms with Crippen LogP contribution in [0.5, 0.6) is 5.75 Å². The van der Waals surface area contributed by atoms with Gasteiger partial charge in [-0.3, -0.25) is 0 Å². The molecule has 0 heterocycles. The van der Waals surface area contributed by atoms with Crippen LogP contribution in [0.4, 0.5) is 0 Å². The highest BCUT2D eigenvalue weighted by Crippen LogP contribution is 2.18. The summed E-state index contributed by atoms with van der Waals surface area (Å²) >= 11 is 0. The average molecular weight is 191 g/mol. The van der Waals surface area contributed by atoms with Crippen LogP contribution in [-0.2, 0) is 6.42 Å². The summed E-state index contributed by atoms with van der Waals surface area (Å²) in [6.45, 7) is 2.66. The van der Waals surface area contributed by atoms with Crippen LogP contribution < -0.4 is 10.5 Å². The second kappa shape index (κ2) is 5.45. The Kier molecular flexibility index (Phi) is 4.20. The predicted octanol–water partition coefficient (Wildman–Crippen LogP) is 2.14. The number of ether oxygens (including phenoxy) is 1. The minimum Gasteiger partial charge on any atom is -0.496 e. The fourth-order valence-corrected chi connectivity index (χ4v) is 1.24. The number of allylic oxidation sites excluding steroid dienone is 1. The predicted molar refractivity (Wildman–Crippen MR) is 59.5 cm³/mol. The third-order valence-corrected chi connectivity index (χ3v) is 2.18. The highest BCUT2D eigenvalue weighted by atomic mass is 16.5. The molecule has 76 valence electrons. The summed E-state index contributed by atoms with van der Waals surface area (Å²) in [6, 6.07) is 8.03. The molecular weight excluding hydrogens is 174 g/mol. The zero-order valence-corrected chi connectivity index (χ0v) is 8.79. The van der Waals surface area contributed by atoms with Gasteiger partial charge in [0.25, 0.3) is 0 Å². The molecule has 1 aromatic rings. The molecule has 0 aliphatic carbocycles. The van der Waals surface area contributed by atoms with Gasteiger partial charge in [-0.15, -0.1) is 0 Å². The van der Waals surface area contributed by atoms with E-state index in [4.69, 9.17) is 10.5 Å². The van der Waals surface area contributed by atoms with Gasteiger partial charge in [0, 0.05) is 6.54 Å². The molecule has 0 aliphatic rings. The minimum absolute atomic E-state index is 0.620. The van der Waals surface area contributed by atoms with Crippen molar-refractivity contribution in [1.82, 2.24) is 0 Å². The van der Waals surface area contributed by atoms with Crippen LogP contribution in [0, 0.1) is 0 Å². The quantitative estimate of drug-likeness (QED) is 0.740. The molecule has 1 rings (SSSR count). The number of rotatable bonds is 4. The average Bonchev–Trinajstić information content (AvgIpc) is 2.26. The molecule has 0 saturated carbocycles. The lowest BCUT2D eigenvalue weighted by Crippen LogP contribution is -2.00. The van der Waals surface area contributed by atoms with Crippen LogP contribution in [0.15, 0.2) is 35.9 Å². The lowest BCUT2D eigenvalue weighted by Gasteiger charge is -2.05. The van der Waals surface area contributed by atoms with E-state index in [1.807, 2.05) is 25.1 Å². The van der Waals surface area contributed by atoms with E-state index in [0.717, 1.165) is 12.2 Å². The number of benzene rings is 1. The van der Waals surface area contributed by atoms with E-state index in [9.17, 15) is 0 Å². The number of hydrogen-bond acceptors (Lipinski definition) is 2. The first-order valence-electron chi connectivity index (χ1n) is 4.75. The van der Waals surface area contributed by atoms with Gasteiger partial charge in [0.05, 0.1) is 7.11 Å². The van der Waals surface area contributed by atoms with Gasteiger partial charge >= 0.3 is 0 Å². The Morgan fingerprint density at radius 2 is 2.14 bits per heavy atom. The Balaban J connectivity index is 2.76. The molecule has 0 aliphatic heterocycles. The summed E-state index contributed by atoms with van der Waals surface area (Å²) in [6.07, 6.45) is 3.02. The molecular formula is C12H17NO. The molecule has 1 aromatic carbocycles. The topological polar surface area (TPSA) is 35.2 Å². The normalized spacial score (nSPS) is 11.5. The summed E-state index contributed by atoms with van der Waals surface area (Å²) in [5, 5.41) is 0. The van der Waals surface area contributed by atoms with Crippen LogP contribution in [-0.4, -0.2) is 13.7 Å². The van der Waals surface area contributed by atoms with Crippen LogP contribution in [0.1, 0.15) is 12.5 Å². The highest BCUT2D eigenvalue weighted by Gasteiger charge is 1.98. The van der Waals surface area contributed by atoms with E-state index in [0.29, 0.717) is 6.54 Å². The highest BCUT2D eigenvalue weighted by molar-refractivity contribution is 5.35. The second-order valence-electron chi connectivity index (χ2n) is 3.27. The van der Waals surface area contributed by atoms with Gasteiger partial charge in [0.1, 0.15) is 5.75 Å². The summed E-state index contributed by atoms with van der Waals surface area (Å²) < 4.78 is 5.25. The molecule has 0 aromatic heterocycles. The molecule has 0 atom stereocenters. The zero-order chi connectivity index (χ0) is 10.4. The van der Waals surface area contributed by atoms with Crippen molar-refractivity contribution in [1.29, 1.82) is 0 Å². The van der Waals surface area contributed by atoms with E-state index < -0.39 is 0 Å². The van der Waals surface area contributed by atoms with Gasteiger partial charge < -0.3 is 10.5 Å². The third kappa shape index (κ3) is 2.89. The van der Waals surface area contributed by atoms with Gasteiger partial charge in [-0.05, 0) is 25.0 Å². The van der Waals surface area contributed by atoms with Gasteiger partial charge in [0.2, 0.25) is 0 Å². The van der Waals surface area contributed by atoms with E-state index in [2.05, 4.69) is 12.1 Å². The van der Waals surface area contributed by atoms with Crippen molar-refractivity contribution in [2.75, 3.05) is 13.7 Å². The first kappa shape index (κ1) is 10.8. The van der Waals surface area contributed by atoms with Gasteiger partial charge in [-0.2, -0.15) is 0 Å². The molecule has 0 saturated heterocycles. The SMILES string of the molecule is COc1ccccc1C/C=C(\C)CN. The van der Waals surface area contributed by atoms with Crippen molar-refractivity contribution < 1.29 is 4.74 Å². The maximum absolute atomic E-state index is 5.51. The first-order valence-corrected chi connectivity index (χ1v) is 4.75. The molecule has 2 nitrogen and oxygen atoms in total. The fourth-order valence-electron chi connectivity index (χ4n) is 1.24. The Hall–Kier alpha value is -1.28. The Morgan fingerprint density at radius 3 is 2.79 bits per heavy atom. The monoisotopic (exact) mass is 191 g/mol. The number of hydrogen-bond donors (Lipinski definition) is 1. The Bertz CT molecular complexity index is 318. The molecule has 0 amide bonds. The van der Waals surface area contributed by atoms with E-state index >= 15 is 0 Å². The molecule has 0 spiro atoms. The van der Waals surface area contributed by atoms with Crippen molar-refractivity contribution in [2.24, 2.45) is 5.73 Å². The molecule has 2 heteroatoms. The third-order valence-electron chi connectivity index (χ3n) is 2.18. The maximum Gasteiger partial charge on any atom is 0.122 e. The molecule has 2 N–H and O–H groups in total. The Morgan fingerprint density at radius 1 is 1.43 bits per heavy atom. The summed E-state index contributed by atoms with van der Waals surface area (Å²) in [5.74, 6) is 0.938. The molecule has 0 fully saturated rings. The number of nitrogens with two attached hydrogens (primary N) is 1. The number of para-hydroxylation sites is 1. The minimum atomic E-state index is 0.620. The first-order chi connectivity index (χ1) is 6.77. The second-order valence-corrected chi connectivity index (χ2v) is 3.27. The Labute approximate surface area is 85.4 Å². The summed E-state index contributed by atoms with van der Waals surface area (Å²) in [4.78, 5) is 0. The van der Waals surface area contributed by atoms with E-state index in [-0.39, 0.29) is 0 Å². The fraction of sp³-hybridized carbons (Fsp3) is 0.333. The summed E-state index contributed by atoms with van der Waals surface area (Å²) in [7, 11) is 1.69. The van der Waals surface area contributed by atoms with Crippen molar-refractivity contribution >= 4 is 0 Å². The van der Waals surface area contributed by atoms with Crippen LogP contribution in [0.3, 0.4) is 0 Å². The van der Waals surface area contributed by atoms with Gasteiger partial charge in [-0.25, -0.2) is 0 Å². The van der Waals surface area contributed by atoms with Crippen molar-refractivity contribution in [3.63, 3.8) is 0 Å². The summed E-state index contributed by atoms with van der Waals surface area (Å²) in [5.41, 5.74) is 7.91. The van der Waals surface area contributed by atoms with Crippen LogP contribution in [0.25, 0.3) is 0 Å².